The lowest BCUT2D eigenvalue weighted by atomic mass is 10.1. The summed E-state index contributed by atoms with van der Waals surface area (Å²) < 4.78 is 2.54. The molecule has 0 radical (unpaired) electrons. The first-order valence-electron chi connectivity index (χ1n) is 5.12. The van der Waals surface area contributed by atoms with E-state index < -0.39 is 0 Å². The molecular weight excluding hydrogens is 234 g/mol. The van der Waals surface area contributed by atoms with E-state index in [1.165, 1.54) is 16.9 Å². The lowest BCUT2D eigenvalue weighted by Crippen LogP contribution is -2.01. The Bertz CT molecular complexity index is 717. The van der Waals surface area contributed by atoms with E-state index in [1.54, 1.807) is 0 Å². The van der Waals surface area contributed by atoms with Crippen LogP contribution < -0.4 is 11.0 Å². The summed E-state index contributed by atoms with van der Waals surface area (Å²) in [4.78, 5) is 14.7. The van der Waals surface area contributed by atoms with Gasteiger partial charge in [0.15, 0.2) is 0 Å². The molecule has 5 heteroatoms. The van der Waals surface area contributed by atoms with Crippen LogP contribution in [0.5, 0.6) is 0 Å². The number of hydrogen-bond donors (Lipinski definition) is 2. The summed E-state index contributed by atoms with van der Waals surface area (Å²) in [6, 6.07) is 14.1. The van der Waals surface area contributed by atoms with Crippen LogP contribution in [0.25, 0.3) is 10.8 Å². The zero-order chi connectivity index (χ0) is 11.7. The Hall–Kier alpha value is -2.14. The fourth-order valence-electron chi connectivity index (χ4n) is 1.67. The second-order valence-electron chi connectivity index (χ2n) is 3.61. The lowest BCUT2D eigenvalue weighted by Gasteiger charge is -2.03. The molecule has 0 aliphatic carbocycles. The van der Waals surface area contributed by atoms with Crippen molar-refractivity contribution in [3.63, 3.8) is 0 Å². The molecule has 0 unspecified atom stereocenters. The Balaban J connectivity index is 1.98. The normalized spacial score (nSPS) is 10.6. The van der Waals surface area contributed by atoms with Crippen molar-refractivity contribution in [2.45, 2.75) is 0 Å². The highest BCUT2D eigenvalue weighted by Crippen LogP contribution is 2.21. The van der Waals surface area contributed by atoms with Gasteiger partial charge in [0.25, 0.3) is 0 Å². The number of hydrogen-bond acceptors (Lipinski definition) is 4. The highest BCUT2D eigenvalue weighted by molar-refractivity contribution is 7.09. The molecule has 0 atom stereocenters. The van der Waals surface area contributed by atoms with Crippen LogP contribution in [0.4, 0.5) is 10.8 Å². The first-order chi connectivity index (χ1) is 8.31. The second-order valence-corrected chi connectivity index (χ2v) is 4.41. The molecule has 17 heavy (non-hydrogen) atoms. The van der Waals surface area contributed by atoms with E-state index in [4.69, 9.17) is 0 Å². The molecule has 0 aliphatic heterocycles. The first-order valence-corrected chi connectivity index (χ1v) is 5.94. The standard InChI is InChI=1S/C12H9N3OS/c16-11-14-12(17-15-11)13-10-6-5-8-3-1-2-4-9(8)7-10/h1-7H,(H2,13,14,15,16). The molecule has 1 heterocycles. The number of H-pyrrole nitrogens is 1. The van der Waals surface area contributed by atoms with Crippen molar-refractivity contribution in [3.8, 4) is 0 Å². The highest BCUT2D eigenvalue weighted by Gasteiger charge is 2.00. The maximum atomic E-state index is 10.9. The molecule has 3 aromatic rings. The Labute approximate surface area is 101 Å². The van der Waals surface area contributed by atoms with Crippen LogP contribution in [0.15, 0.2) is 47.3 Å². The second kappa shape index (κ2) is 4.03. The Morgan fingerprint density at radius 1 is 1.12 bits per heavy atom. The number of rotatable bonds is 2. The zero-order valence-electron chi connectivity index (χ0n) is 8.81. The number of nitrogens with one attached hydrogen (secondary N) is 2. The molecule has 0 fully saturated rings. The molecule has 84 valence electrons. The van der Waals surface area contributed by atoms with Gasteiger partial charge in [-0.1, -0.05) is 30.3 Å². The number of anilines is 2. The maximum Gasteiger partial charge on any atom is 0.357 e. The molecule has 0 saturated heterocycles. The van der Waals surface area contributed by atoms with Gasteiger partial charge in [0, 0.05) is 5.69 Å². The van der Waals surface area contributed by atoms with Crippen molar-refractivity contribution < 1.29 is 0 Å². The van der Waals surface area contributed by atoms with Crippen LogP contribution in [0.3, 0.4) is 0 Å². The number of aromatic amines is 1. The molecule has 4 nitrogen and oxygen atoms in total. The molecule has 0 saturated carbocycles. The van der Waals surface area contributed by atoms with E-state index in [2.05, 4.69) is 20.7 Å². The summed E-state index contributed by atoms with van der Waals surface area (Å²) >= 11 is 1.19. The Morgan fingerprint density at radius 2 is 1.94 bits per heavy atom. The fraction of sp³-hybridized carbons (Fsp3) is 0. The quantitative estimate of drug-likeness (QED) is 0.727. The van der Waals surface area contributed by atoms with E-state index in [1.807, 2.05) is 36.4 Å². The van der Waals surface area contributed by atoms with Gasteiger partial charge in [0.05, 0.1) is 0 Å². The zero-order valence-corrected chi connectivity index (χ0v) is 9.62. The summed E-state index contributed by atoms with van der Waals surface area (Å²) in [7, 11) is 0. The third-order valence-corrected chi connectivity index (χ3v) is 3.10. The summed E-state index contributed by atoms with van der Waals surface area (Å²) in [6.45, 7) is 0. The van der Waals surface area contributed by atoms with Gasteiger partial charge < -0.3 is 5.32 Å². The largest absolute Gasteiger partial charge is 0.357 e. The number of aromatic nitrogens is 2. The third kappa shape index (κ3) is 2.05. The minimum Gasteiger partial charge on any atom is -0.330 e. The SMILES string of the molecule is O=c1nc(Nc2ccc3ccccc3c2)s[nH]1. The molecule has 0 bridgehead atoms. The van der Waals surface area contributed by atoms with E-state index in [-0.39, 0.29) is 5.69 Å². The smallest absolute Gasteiger partial charge is 0.330 e. The van der Waals surface area contributed by atoms with Crippen molar-refractivity contribution in [1.82, 2.24) is 9.36 Å². The van der Waals surface area contributed by atoms with Gasteiger partial charge in [-0.2, -0.15) is 4.98 Å². The summed E-state index contributed by atoms with van der Waals surface area (Å²) in [6.07, 6.45) is 0. The molecule has 1 aromatic heterocycles. The van der Waals surface area contributed by atoms with Gasteiger partial charge >= 0.3 is 5.69 Å². The fourth-order valence-corrected chi connectivity index (χ4v) is 2.20. The lowest BCUT2D eigenvalue weighted by molar-refractivity contribution is 1.21. The predicted molar refractivity (Wildman–Crippen MR) is 70.0 cm³/mol. The van der Waals surface area contributed by atoms with Crippen molar-refractivity contribution in [2.24, 2.45) is 0 Å². The van der Waals surface area contributed by atoms with Gasteiger partial charge in [0.2, 0.25) is 5.13 Å². The van der Waals surface area contributed by atoms with Crippen molar-refractivity contribution in [1.29, 1.82) is 0 Å². The summed E-state index contributed by atoms with van der Waals surface area (Å²) in [5.74, 6) is 0. The van der Waals surface area contributed by atoms with Crippen LogP contribution in [0.2, 0.25) is 0 Å². The van der Waals surface area contributed by atoms with Crippen molar-refractivity contribution in [2.75, 3.05) is 5.32 Å². The molecule has 2 aromatic carbocycles. The number of nitrogens with zero attached hydrogens (tertiary/aromatic N) is 1. The van der Waals surface area contributed by atoms with E-state index in [0.29, 0.717) is 5.13 Å². The van der Waals surface area contributed by atoms with Gasteiger partial charge in [-0.15, -0.1) is 0 Å². The van der Waals surface area contributed by atoms with Crippen molar-refractivity contribution in [3.05, 3.63) is 52.9 Å². The first kappa shape index (κ1) is 10.0. The van der Waals surface area contributed by atoms with Crippen LogP contribution in [0.1, 0.15) is 0 Å². The molecule has 3 rings (SSSR count). The van der Waals surface area contributed by atoms with Crippen LogP contribution in [-0.4, -0.2) is 9.36 Å². The Morgan fingerprint density at radius 3 is 2.71 bits per heavy atom. The van der Waals surface area contributed by atoms with Gasteiger partial charge in [-0.05, 0) is 34.4 Å². The van der Waals surface area contributed by atoms with Crippen LogP contribution >= 0.6 is 11.5 Å². The van der Waals surface area contributed by atoms with Gasteiger partial charge in [0.1, 0.15) is 0 Å². The minimum absolute atomic E-state index is 0.321. The molecule has 0 amide bonds. The van der Waals surface area contributed by atoms with Gasteiger partial charge in [-0.25, -0.2) is 4.79 Å². The van der Waals surface area contributed by atoms with Crippen molar-refractivity contribution >= 4 is 33.1 Å². The molecule has 2 N–H and O–H groups in total. The topological polar surface area (TPSA) is 57.8 Å². The molecule has 0 aliphatic rings. The summed E-state index contributed by atoms with van der Waals surface area (Å²) in [5, 5.41) is 6.01. The Kier molecular flexibility index (Phi) is 2.38. The highest BCUT2D eigenvalue weighted by atomic mass is 32.1. The summed E-state index contributed by atoms with van der Waals surface area (Å²) in [5.41, 5.74) is 0.602. The number of benzene rings is 2. The van der Waals surface area contributed by atoms with E-state index >= 15 is 0 Å². The molecule has 0 spiro atoms. The predicted octanol–water partition coefficient (Wildman–Crippen LogP) is 2.73. The number of fused-ring (bicyclic) bond motifs is 1. The van der Waals surface area contributed by atoms with Crippen LogP contribution in [-0.2, 0) is 0 Å². The minimum atomic E-state index is -0.321. The maximum absolute atomic E-state index is 10.9. The molecular formula is C12H9N3OS. The average molecular weight is 243 g/mol. The average Bonchev–Trinajstić information content (AvgIpc) is 2.75. The van der Waals surface area contributed by atoms with E-state index in [0.717, 1.165) is 11.1 Å². The van der Waals surface area contributed by atoms with E-state index in [9.17, 15) is 4.79 Å². The van der Waals surface area contributed by atoms with Gasteiger partial charge in [-0.3, -0.25) is 4.37 Å². The third-order valence-electron chi connectivity index (χ3n) is 2.44. The monoisotopic (exact) mass is 243 g/mol. The van der Waals surface area contributed by atoms with Crippen LogP contribution in [0, 0.1) is 0 Å².